The first kappa shape index (κ1) is 25.0. The highest BCUT2D eigenvalue weighted by Crippen LogP contribution is 2.26. The van der Waals surface area contributed by atoms with Crippen LogP contribution in [0, 0.1) is 11.3 Å². The number of hydrogen-bond donors (Lipinski definition) is 1. The van der Waals surface area contributed by atoms with Gasteiger partial charge in [0.25, 0.3) is 5.91 Å². The lowest BCUT2D eigenvalue weighted by Crippen LogP contribution is -2.47. The number of fused-ring (bicyclic) bond motifs is 1. The first-order chi connectivity index (χ1) is 16.9. The highest BCUT2D eigenvalue weighted by atomic mass is 32.2. The largest absolute Gasteiger partial charge is 0.373 e. The Morgan fingerprint density at radius 1 is 1.06 bits per heavy atom. The lowest BCUT2D eigenvalue weighted by atomic mass is 9.88. The number of nitrogens with zero attached hydrogens (tertiary/aromatic N) is 3. The Morgan fingerprint density at radius 2 is 1.74 bits per heavy atom. The molecule has 8 heteroatoms. The van der Waals surface area contributed by atoms with Gasteiger partial charge in [0.05, 0.1) is 10.9 Å². The number of nitrogens with one attached hydrogen (secondary N) is 1. The number of carbonyl (C=O) groups is 1. The van der Waals surface area contributed by atoms with Crippen LogP contribution in [-0.4, -0.2) is 49.7 Å². The van der Waals surface area contributed by atoms with Crippen molar-refractivity contribution in [1.29, 1.82) is 5.26 Å². The van der Waals surface area contributed by atoms with Gasteiger partial charge in [-0.2, -0.15) is 9.57 Å². The number of nitriles is 1. The Balaban J connectivity index is 1.39. The summed E-state index contributed by atoms with van der Waals surface area (Å²) in [4.78, 5) is 15.1. The van der Waals surface area contributed by atoms with E-state index in [9.17, 15) is 18.5 Å². The highest BCUT2D eigenvalue weighted by molar-refractivity contribution is 7.89. The van der Waals surface area contributed by atoms with Crippen molar-refractivity contribution in [2.24, 2.45) is 0 Å². The molecule has 2 aliphatic rings. The molecule has 35 heavy (non-hydrogen) atoms. The molecule has 1 amide bonds. The second-order valence-corrected chi connectivity index (χ2v) is 11.0. The number of sulfonamides is 1. The second kappa shape index (κ2) is 11.1. The molecular weight excluding hydrogens is 460 g/mol. The van der Waals surface area contributed by atoms with E-state index in [2.05, 4.69) is 23.5 Å². The molecule has 0 spiro atoms. The Kier molecular flexibility index (Phi) is 7.89. The van der Waals surface area contributed by atoms with Gasteiger partial charge < -0.3 is 10.2 Å². The quantitative estimate of drug-likeness (QED) is 0.471. The third-order valence-electron chi connectivity index (χ3n) is 6.82. The number of rotatable bonds is 7. The van der Waals surface area contributed by atoms with Crippen LogP contribution < -0.4 is 5.32 Å². The standard InChI is InChI=1S/C27H32N4O3S/c1-2-26(23-13-12-21-8-6-7-9-22(21)18-23)29-27(32)24(19-28)20-30-14-16-31(17-15-30)35(33,34)25-10-4-3-5-11-25/h3-5,10-13,18,20,26H,2,6-9,14-17H2,1H3,(H,29,32)/b24-20-. The number of carbonyl (C=O) groups excluding carboxylic acids is 1. The normalized spacial score (nSPS) is 17.8. The number of benzene rings is 2. The third kappa shape index (κ3) is 5.75. The number of piperazine rings is 1. The van der Waals surface area contributed by atoms with E-state index in [1.807, 2.05) is 17.9 Å². The van der Waals surface area contributed by atoms with Gasteiger partial charge in [0.1, 0.15) is 11.6 Å². The fraction of sp³-hybridized carbons (Fsp3) is 0.407. The van der Waals surface area contributed by atoms with Gasteiger partial charge in [-0.25, -0.2) is 8.42 Å². The summed E-state index contributed by atoms with van der Waals surface area (Å²) < 4.78 is 27.1. The maximum absolute atomic E-state index is 13.0. The molecule has 1 aliphatic carbocycles. The van der Waals surface area contributed by atoms with E-state index in [1.54, 1.807) is 36.5 Å². The summed E-state index contributed by atoms with van der Waals surface area (Å²) >= 11 is 0. The minimum atomic E-state index is -3.55. The van der Waals surface area contributed by atoms with Crippen molar-refractivity contribution >= 4 is 15.9 Å². The molecule has 0 bridgehead atoms. The molecule has 2 aromatic rings. The zero-order valence-electron chi connectivity index (χ0n) is 20.1. The van der Waals surface area contributed by atoms with E-state index in [1.165, 1.54) is 28.3 Å². The van der Waals surface area contributed by atoms with Gasteiger partial charge in [0.15, 0.2) is 0 Å². The molecule has 184 valence electrons. The molecule has 0 aromatic heterocycles. The average molecular weight is 493 g/mol. The lowest BCUT2D eigenvalue weighted by molar-refractivity contribution is -0.118. The summed E-state index contributed by atoms with van der Waals surface area (Å²) in [6.07, 6.45) is 6.88. The van der Waals surface area contributed by atoms with Crippen LogP contribution in [0.5, 0.6) is 0 Å². The average Bonchev–Trinajstić information content (AvgIpc) is 2.90. The van der Waals surface area contributed by atoms with Crippen LogP contribution in [0.1, 0.15) is 48.9 Å². The molecule has 2 aromatic carbocycles. The SMILES string of the molecule is CCC(NC(=O)/C(C#N)=C\N1CCN(S(=O)(=O)c2ccccc2)CC1)c1ccc2c(c1)CCCC2. The molecule has 4 rings (SSSR count). The molecule has 1 N–H and O–H groups in total. The van der Waals surface area contributed by atoms with Crippen LogP contribution in [0.25, 0.3) is 0 Å². The molecule has 1 aliphatic heterocycles. The monoisotopic (exact) mass is 492 g/mol. The van der Waals surface area contributed by atoms with Crippen molar-refractivity contribution < 1.29 is 13.2 Å². The van der Waals surface area contributed by atoms with E-state index in [0.29, 0.717) is 26.2 Å². The fourth-order valence-corrected chi connectivity index (χ4v) is 6.21. The fourth-order valence-electron chi connectivity index (χ4n) is 4.76. The maximum Gasteiger partial charge on any atom is 0.263 e. The summed E-state index contributed by atoms with van der Waals surface area (Å²) in [5, 5.41) is 12.7. The molecule has 1 heterocycles. The van der Waals surface area contributed by atoms with Gasteiger partial charge in [-0.3, -0.25) is 4.79 Å². The van der Waals surface area contributed by atoms with Crippen molar-refractivity contribution in [2.45, 2.75) is 50.0 Å². The van der Waals surface area contributed by atoms with Crippen LogP contribution in [-0.2, 0) is 27.7 Å². The molecule has 1 unspecified atom stereocenters. The number of hydrogen-bond acceptors (Lipinski definition) is 5. The molecule has 0 saturated carbocycles. The molecule has 1 fully saturated rings. The van der Waals surface area contributed by atoms with E-state index in [4.69, 9.17) is 0 Å². The van der Waals surface area contributed by atoms with Crippen LogP contribution in [0.15, 0.2) is 65.2 Å². The van der Waals surface area contributed by atoms with Gasteiger partial charge in [0, 0.05) is 32.4 Å². The molecular formula is C27H32N4O3S. The van der Waals surface area contributed by atoms with Gasteiger partial charge in [-0.15, -0.1) is 0 Å². The molecule has 1 saturated heterocycles. The van der Waals surface area contributed by atoms with Crippen LogP contribution in [0.2, 0.25) is 0 Å². The Labute approximate surface area is 208 Å². The Hall–Kier alpha value is -3.15. The third-order valence-corrected chi connectivity index (χ3v) is 8.73. The van der Waals surface area contributed by atoms with E-state index in [-0.39, 0.29) is 16.5 Å². The number of amides is 1. The predicted octanol–water partition coefficient (Wildman–Crippen LogP) is 3.55. The zero-order valence-corrected chi connectivity index (χ0v) is 20.9. The van der Waals surface area contributed by atoms with E-state index >= 15 is 0 Å². The van der Waals surface area contributed by atoms with Gasteiger partial charge in [-0.05, 0) is 60.9 Å². The first-order valence-corrected chi connectivity index (χ1v) is 13.7. The summed E-state index contributed by atoms with van der Waals surface area (Å²) in [6.45, 7) is 3.42. The summed E-state index contributed by atoms with van der Waals surface area (Å²) in [6, 6.07) is 16.7. The number of aryl methyl sites for hydroxylation is 2. The lowest BCUT2D eigenvalue weighted by Gasteiger charge is -2.33. The van der Waals surface area contributed by atoms with Crippen molar-refractivity contribution in [1.82, 2.24) is 14.5 Å². The maximum atomic E-state index is 13.0. The smallest absolute Gasteiger partial charge is 0.263 e. The topological polar surface area (TPSA) is 93.5 Å². The molecule has 1 atom stereocenters. The summed E-state index contributed by atoms with van der Waals surface area (Å²) in [5.41, 5.74) is 3.85. The van der Waals surface area contributed by atoms with Crippen molar-refractivity contribution in [3.05, 3.63) is 77.0 Å². The molecule has 0 radical (unpaired) electrons. The predicted molar refractivity (Wildman–Crippen MR) is 135 cm³/mol. The summed E-state index contributed by atoms with van der Waals surface area (Å²) in [5.74, 6) is -0.406. The minimum absolute atomic E-state index is 0.0285. The van der Waals surface area contributed by atoms with Gasteiger partial charge >= 0.3 is 0 Å². The molecule has 7 nitrogen and oxygen atoms in total. The van der Waals surface area contributed by atoms with E-state index in [0.717, 1.165) is 24.8 Å². The zero-order chi connectivity index (χ0) is 24.8. The Morgan fingerprint density at radius 3 is 2.40 bits per heavy atom. The Bertz CT molecular complexity index is 1230. The van der Waals surface area contributed by atoms with Crippen molar-refractivity contribution in [3.63, 3.8) is 0 Å². The van der Waals surface area contributed by atoms with E-state index < -0.39 is 15.9 Å². The van der Waals surface area contributed by atoms with Crippen LogP contribution in [0.4, 0.5) is 0 Å². The minimum Gasteiger partial charge on any atom is -0.373 e. The van der Waals surface area contributed by atoms with Crippen molar-refractivity contribution in [2.75, 3.05) is 26.2 Å². The van der Waals surface area contributed by atoms with Gasteiger partial charge in [-0.1, -0.05) is 43.3 Å². The van der Waals surface area contributed by atoms with Crippen LogP contribution >= 0.6 is 0 Å². The highest BCUT2D eigenvalue weighted by Gasteiger charge is 2.28. The second-order valence-electron chi connectivity index (χ2n) is 9.08. The van der Waals surface area contributed by atoms with Gasteiger partial charge in [0.2, 0.25) is 10.0 Å². The first-order valence-electron chi connectivity index (χ1n) is 12.3. The van der Waals surface area contributed by atoms with Crippen LogP contribution in [0.3, 0.4) is 0 Å². The van der Waals surface area contributed by atoms with Crippen molar-refractivity contribution in [3.8, 4) is 6.07 Å². The summed E-state index contributed by atoms with van der Waals surface area (Å²) in [7, 11) is -3.55.